The molecule has 2 rings (SSSR count). The molecule has 1 aliphatic heterocycles. The summed E-state index contributed by atoms with van der Waals surface area (Å²) in [5.41, 5.74) is 6.00. The van der Waals surface area contributed by atoms with Crippen molar-refractivity contribution >= 4 is 17.7 Å². The number of carbonyl (C=O) groups is 1. The van der Waals surface area contributed by atoms with E-state index in [0.717, 1.165) is 43.9 Å². The van der Waals surface area contributed by atoms with Crippen molar-refractivity contribution in [3.63, 3.8) is 0 Å². The molecule has 0 radical (unpaired) electrons. The van der Waals surface area contributed by atoms with Crippen LogP contribution < -0.4 is 5.73 Å². The molecule has 3 N–H and O–H groups in total. The molecule has 1 saturated carbocycles. The molecule has 92 valence electrons. The summed E-state index contributed by atoms with van der Waals surface area (Å²) < 4.78 is 0. The van der Waals surface area contributed by atoms with Gasteiger partial charge in [0.15, 0.2) is 0 Å². The first-order valence-electron chi connectivity index (χ1n) is 6.00. The minimum absolute atomic E-state index is 0.0240. The topological polar surface area (TPSA) is 66.6 Å². The number of carbonyl (C=O) groups excluding carboxylic acids is 1. The van der Waals surface area contributed by atoms with E-state index >= 15 is 0 Å². The maximum absolute atomic E-state index is 12.1. The van der Waals surface area contributed by atoms with Gasteiger partial charge in [-0.05, 0) is 12.8 Å². The molecule has 5 heteroatoms. The smallest absolute Gasteiger partial charge is 0.240 e. The number of aliphatic hydroxyl groups is 1. The molecule has 3 unspecified atom stereocenters. The van der Waals surface area contributed by atoms with E-state index in [1.165, 1.54) is 0 Å². The minimum Gasteiger partial charge on any atom is -0.393 e. The third-order valence-electron chi connectivity index (χ3n) is 3.59. The van der Waals surface area contributed by atoms with Gasteiger partial charge in [0.1, 0.15) is 0 Å². The molecule has 0 spiro atoms. The van der Waals surface area contributed by atoms with E-state index in [1.54, 1.807) is 11.8 Å². The standard InChI is InChI=1S/C11H20N2O2S/c12-10(8-3-1-2-4-9(8)14)11(15)13-5-6-16-7-13/h8-10,14H,1-7,12H2. The van der Waals surface area contributed by atoms with Crippen LogP contribution in [0.1, 0.15) is 25.7 Å². The largest absolute Gasteiger partial charge is 0.393 e. The molecule has 2 fully saturated rings. The molecule has 4 nitrogen and oxygen atoms in total. The molecule has 2 aliphatic rings. The second-order valence-corrected chi connectivity index (χ2v) is 5.76. The monoisotopic (exact) mass is 244 g/mol. The van der Waals surface area contributed by atoms with E-state index in [4.69, 9.17) is 5.73 Å². The molecule has 0 aromatic carbocycles. The van der Waals surface area contributed by atoms with E-state index in [2.05, 4.69) is 0 Å². The van der Waals surface area contributed by atoms with Crippen molar-refractivity contribution in [3.8, 4) is 0 Å². The van der Waals surface area contributed by atoms with Gasteiger partial charge >= 0.3 is 0 Å². The van der Waals surface area contributed by atoms with Crippen molar-refractivity contribution in [1.82, 2.24) is 4.90 Å². The maximum Gasteiger partial charge on any atom is 0.240 e. The number of rotatable bonds is 2. The fourth-order valence-corrected chi connectivity index (χ4v) is 3.50. The van der Waals surface area contributed by atoms with Gasteiger partial charge in [0.2, 0.25) is 5.91 Å². The Morgan fingerprint density at radius 1 is 1.44 bits per heavy atom. The quantitative estimate of drug-likeness (QED) is 0.738. The highest BCUT2D eigenvalue weighted by atomic mass is 32.2. The third-order valence-corrected chi connectivity index (χ3v) is 4.56. The Kier molecular flexibility index (Phi) is 4.10. The molecule has 1 heterocycles. The summed E-state index contributed by atoms with van der Waals surface area (Å²) in [6, 6.07) is -0.506. The van der Waals surface area contributed by atoms with E-state index in [0.29, 0.717) is 0 Å². The van der Waals surface area contributed by atoms with Crippen LogP contribution in [0, 0.1) is 5.92 Å². The predicted octanol–water partition coefficient (Wildman–Crippen LogP) is 0.398. The SMILES string of the molecule is NC(C(=O)N1CCSC1)C1CCCCC1O. The van der Waals surface area contributed by atoms with Crippen LogP contribution in [0.4, 0.5) is 0 Å². The lowest BCUT2D eigenvalue weighted by molar-refractivity contribution is -0.134. The van der Waals surface area contributed by atoms with Crippen LogP contribution in [0.3, 0.4) is 0 Å². The van der Waals surface area contributed by atoms with Gasteiger partial charge in [-0.25, -0.2) is 0 Å². The number of amides is 1. The number of nitrogens with two attached hydrogens (primary N) is 1. The Morgan fingerprint density at radius 3 is 2.81 bits per heavy atom. The molecule has 16 heavy (non-hydrogen) atoms. The first kappa shape index (κ1) is 12.2. The van der Waals surface area contributed by atoms with Gasteiger partial charge in [0.25, 0.3) is 0 Å². The average molecular weight is 244 g/mol. The summed E-state index contributed by atoms with van der Waals surface area (Å²) in [6.07, 6.45) is 3.42. The van der Waals surface area contributed by atoms with Gasteiger partial charge in [-0.2, -0.15) is 0 Å². The van der Waals surface area contributed by atoms with E-state index < -0.39 is 6.04 Å². The van der Waals surface area contributed by atoms with Crippen molar-refractivity contribution in [2.75, 3.05) is 18.2 Å². The molecular formula is C11H20N2O2S. The van der Waals surface area contributed by atoms with Gasteiger partial charge in [0.05, 0.1) is 18.0 Å². The number of hydrogen-bond acceptors (Lipinski definition) is 4. The molecule has 3 atom stereocenters. The molecule has 1 amide bonds. The van der Waals surface area contributed by atoms with Gasteiger partial charge < -0.3 is 15.7 Å². The minimum atomic E-state index is -0.506. The zero-order chi connectivity index (χ0) is 11.5. The summed E-state index contributed by atoms with van der Waals surface area (Å²) in [7, 11) is 0. The Bertz CT molecular complexity index is 256. The highest BCUT2D eigenvalue weighted by Gasteiger charge is 2.35. The number of thioether (sulfide) groups is 1. The van der Waals surface area contributed by atoms with Crippen molar-refractivity contribution in [2.24, 2.45) is 11.7 Å². The lowest BCUT2D eigenvalue weighted by Crippen LogP contribution is -2.50. The molecule has 0 aromatic heterocycles. The molecule has 1 saturated heterocycles. The van der Waals surface area contributed by atoms with E-state index in [9.17, 15) is 9.90 Å². The summed E-state index contributed by atoms with van der Waals surface area (Å²) in [5.74, 6) is 1.75. The van der Waals surface area contributed by atoms with Gasteiger partial charge in [-0.15, -0.1) is 11.8 Å². The summed E-state index contributed by atoms with van der Waals surface area (Å²) in [6.45, 7) is 0.806. The van der Waals surface area contributed by atoms with Gasteiger partial charge in [0, 0.05) is 18.2 Å². The lowest BCUT2D eigenvalue weighted by Gasteiger charge is -2.33. The first-order valence-corrected chi connectivity index (χ1v) is 7.16. The second kappa shape index (κ2) is 5.38. The summed E-state index contributed by atoms with van der Waals surface area (Å²) in [5, 5.41) is 9.88. The van der Waals surface area contributed by atoms with Gasteiger partial charge in [-0.1, -0.05) is 12.8 Å². The number of aliphatic hydroxyl groups excluding tert-OH is 1. The summed E-state index contributed by atoms with van der Waals surface area (Å²) in [4.78, 5) is 13.9. The Hall–Kier alpha value is -0.260. The lowest BCUT2D eigenvalue weighted by atomic mass is 9.81. The fraction of sp³-hybridized carbons (Fsp3) is 0.909. The van der Waals surface area contributed by atoms with Crippen LogP contribution in [-0.4, -0.2) is 46.2 Å². The molecule has 0 aromatic rings. The molecule has 1 aliphatic carbocycles. The second-order valence-electron chi connectivity index (χ2n) is 4.68. The number of hydrogen-bond donors (Lipinski definition) is 2. The zero-order valence-corrected chi connectivity index (χ0v) is 10.3. The van der Waals surface area contributed by atoms with Crippen LogP contribution in [0.5, 0.6) is 0 Å². The van der Waals surface area contributed by atoms with Crippen LogP contribution >= 0.6 is 11.8 Å². The normalized spacial score (nSPS) is 32.8. The van der Waals surface area contributed by atoms with Crippen molar-refractivity contribution in [2.45, 2.75) is 37.8 Å². The summed E-state index contributed by atoms with van der Waals surface area (Å²) >= 11 is 1.76. The Balaban J connectivity index is 1.94. The molecular weight excluding hydrogens is 224 g/mol. The van der Waals surface area contributed by atoms with Crippen LogP contribution in [0.2, 0.25) is 0 Å². The van der Waals surface area contributed by atoms with Crippen molar-refractivity contribution < 1.29 is 9.90 Å². The fourth-order valence-electron chi connectivity index (χ4n) is 2.54. The predicted molar refractivity (Wildman–Crippen MR) is 65.0 cm³/mol. The molecule has 0 bridgehead atoms. The van der Waals surface area contributed by atoms with Crippen molar-refractivity contribution in [3.05, 3.63) is 0 Å². The van der Waals surface area contributed by atoms with Crippen LogP contribution in [-0.2, 0) is 4.79 Å². The number of nitrogens with zero attached hydrogens (tertiary/aromatic N) is 1. The van der Waals surface area contributed by atoms with E-state index in [1.807, 2.05) is 4.90 Å². The highest BCUT2D eigenvalue weighted by molar-refractivity contribution is 7.99. The van der Waals surface area contributed by atoms with Crippen molar-refractivity contribution in [1.29, 1.82) is 0 Å². The van der Waals surface area contributed by atoms with E-state index in [-0.39, 0.29) is 17.9 Å². The maximum atomic E-state index is 12.1. The highest BCUT2D eigenvalue weighted by Crippen LogP contribution is 2.27. The first-order chi connectivity index (χ1) is 7.70. The van der Waals surface area contributed by atoms with Gasteiger partial charge in [-0.3, -0.25) is 4.79 Å². The zero-order valence-electron chi connectivity index (χ0n) is 9.47. The Labute approximate surface area is 101 Å². The van der Waals surface area contributed by atoms with Crippen LogP contribution in [0.25, 0.3) is 0 Å². The third kappa shape index (κ3) is 2.52. The Morgan fingerprint density at radius 2 is 2.19 bits per heavy atom. The average Bonchev–Trinajstić information content (AvgIpc) is 2.81. The van der Waals surface area contributed by atoms with Crippen LogP contribution in [0.15, 0.2) is 0 Å².